The van der Waals surface area contributed by atoms with E-state index in [0.717, 1.165) is 23.1 Å². The molecule has 0 aliphatic carbocycles. The molecule has 0 aliphatic heterocycles. The minimum atomic E-state index is -1.01. The summed E-state index contributed by atoms with van der Waals surface area (Å²) in [6, 6.07) is 15.8. The van der Waals surface area contributed by atoms with Gasteiger partial charge in [-0.1, -0.05) is 36.4 Å². The fourth-order valence-electron chi connectivity index (χ4n) is 4.12. The number of fused-ring (bicyclic) bond motifs is 1. The van der Waals surface area contributed by atoms with Gasteiger partial charge >= 0.3 is 0 Å². The normalized spacial score (nSPS) is 12.5. The molecule has 2 aromatic heterocycles. The van der Waals surface area contributed by atoms with Crippen molar-refractivity contribution in [1.29, 1.82) is 0 Å². The fraction of sp³-hybridized carbons (Fsp3) is 0.357. The zero-order valence-electron chi connectivity index (χ0n) is 21.7. The van der Waals surface area contributed by atoms with E-state index in [1.54, 1.807) is 16.8 Å². The Balaban J connectivity index is 1.84. The van der Waals surface area contributed by atoms with Crippen LogP contribution in [0.2, 0.25) is 0 Å². The van der Waals surface area contributed by atoms with Crippen LogP contribution in [0.3, 0.4) is 0 Å². The molecule has 4 aromatic rings. The van der Waals surface area contributed by atoms with Crippen molar-refractivity contribution in [2.24, 2.45) is 0 Å². The van der Waals surface area contributed by atoms with Gasteiger partial charge in [-0.2, -0.15) is 0 Å². The van der Waals surface area contributed by atoms with E-state index < -0.39 is 11.6 Å². The number of amides is 2. The average Bonchev–Trinajstić information content (AvgIpc) is 3.45. The molecule has 2 aromatic carbocycles. The molecule has 8 nitrogen and oxygen atoms in total. The first-order valence-corrected chi connectivity index (χ1v) is 12.2. The summed E-state index contributed by atoms with van der Waals surface area (Å²) in [6.45, 7) is 11.6. The van der Waals surface area contributed by atoms with Crippen molar-refractivity contribution < 1.29 is 14.0 Å². The Kier molecular flexibility index (Phi) is 6.97. The van der Waals surface area contributed by atoms with Crippen LogP contribution in [0.5, 0.6) is 0 Å². The van der Waals surface area contributed by atoms with E-state index in [1.807, 2.05) is 84.0 Å². The predicted octanol–water partition coefficient (Wildman–Crippen LogP) is 5.03. The standard InChI is InChI=1S/C28H33N5O3/c1-7-28(5,6)29-27(35)26(24-16-15-19(3)36-24)33(22-14-10-11-18(2)20(22)4)25(34)17-32-23-13-9-8-12-21(23)30-31-32/h8-16,26H,7,17H2,1-6H3,(H,29,35). The fourth-order valence-corrected chi connectivity index (χ4v) is 4.12. The van der Waals surface area contributed by atoms with Crippen molar-refractivity contribution in [1.82, 2.24) is 20.3 Å². The number of benzene rings is 2. The number of rotatable bonds is 8. The van der Waals surface area contributed by atoms with Crippen LogP contribution < -0.4 is 10.2 Å². The van der Waals surface area contributed by atoms with Crippen LogP contribution in [0.25, 0.3) is 11.0 Å². The highest BCUT2D eigenvalue weighted by molar-refractivity contribution is 6.02. The van der Waals surface area contributed by atoms with Crippen molar-refractivity contribution >= 4 is 28.5 Å². The molecular formula is C28H33N5O3. The first kappa shape index (κ1) is 25.2. The van der Waals surface area contributed by atoms with Crippen LogP contribution in [-0.2, 0) is 16.1 Å². The number of para-hydroxylation sites is 1. The number of carbonyl (C=O) groups excluding carboxylic acids is 2. The van der Waals surface area contributed by atoms with E-state index >= 15 is 0 Å². The van der Waals surface area contributed by atoms with E-state index in [9.17, 15) is 9.59 Å². The summed E-state index contributed by atoms with van der Waals surface area (Å²) in [5.74, 6) is 0.444. The third-order valence-corrected chi connectivity index (χ3v) is 6.69. The van der Waals surface area contributed by atoms with Crippen LogP contribution in [0.15, 0.2) is 59.0 Å². The molecule has 0 radical (unpaired) electrons. The first-order valence-electron chi connectivity index (χ1n) is 12.2. The molecule has 36 heavy (non-hydrogen) atoms. The summed E-state index contributed by atoms with van der Waals surface area (Å²) in [7, 11) is 0. The van der Waals surface area contributed by atoms with Crippen molar-refractivity contribution in [3.8, 4) is 0 Å². The molecule has 1 unspecified atom stereocenters. The smallest absolute Gasteiger partial charge is 0.251 e. The number of nitrogens with one attached hydrogen (secondary N) is 1. The number of furan rings is 1. The third-order valence-electron chi connectivity index (χ3n) is 6.69. The zero-order valence-corrected chi connectivity index (χ0v) is 21.7. The van der Waals surface area contributed by atoms with Crippen molar-refractivity contribution in [3.05, 3.63) is 77.2 Å². The number of hydrogen-bond donors (Lipinski definition) is 1. The highest BCUT2D eigenvalue weighted by Gasteiger charge is 2.38. The Labute approximate surface area is 211 Å². The third kappa shape index (κ3) is 5.03. The molecule has 0 saturated heterocycles. The summed E-state index contributed by atoms with van der Waals surface area (Å²) >= 11 is 0. The number of hydrogen-bond acceptors (Lipinski definition) is 5. The van der Waals surface area contributed by atoms with Gasteiger partial charge in [0.15, 0.2) is 6.04 Å². The maximum absolute atomic E-state index is 14.1. The summed E-state index contributed by atoms with van der Waals surface area (Å²) in [6.07, 6.45) is 0.727. The van der Waals surface area contributed by atoms with E-state index in [4.69, 9.17) is 4.42 Å². The molecule has 0 spiro atoms. The van der Waals surface area contributed by atoms with E-state index in [0.29, 0.717) is 22.7 Å². The number of anilines is 1. The van der Waals surface area contributed by atoms with Gasteiger partial charge < -0.3 is 9.73 Å². The largest absolute Gasteiger partial charge is 0.464 e. The van der Waals surface area contributed by atoms with Crippen LogP contribution in [0.4, 0.5) is 5.69 Å². The molecule has 0 saturated carbocycles. The lowest BCUT2D eigenvalue weighted by atomic mass is 9.99. The van der Waals surface area contributed by atoms with Gasteiger partial charge in [-0.05, 0) is 82.5 Å². The van der Waals surface area contributed by atoms with Crippen LogP contribution in [0, 0.1) is 20.8 Å². The monoisotopic (exact) mass is 487 g/mol. The lowest BCUT2D eigenvalue weighted by Gasteiger charge is -2.34. The topological polar surface area (TPSA) is 93.3 Å². The summed E-state index contributed by atoms with van der Waals surface area (Å²) in [5, 5.41) is 11.5. The van der Waals surface area contributed by atoms with Gasteiger partial charge in [-0.3, -0.25) is 14.5 Å². The number of carbonyl (C=O) groups is 2. The van der Waals surface area contributed by atoms with Crippen LogP contribution >= 0.6 is 0 Å². The van der Waals surface area contributed by atoms with Gasteiger partial charge in [0.1, 0.15) is 23.6 Å². The molecule has 0 bridgehead atoms. The predicted molar refractivity (Wildman–Crippen MR) is 140 cm³/mol. The SMILES string of the molecule is CCC(C)(C)NC(=O)C(c1ccc(C)o1)N(C(=O)Cn1nnc2ccccc21)c1cccc(C)c1C. The molecular weight excluding hydrogens is 454 g/mol. The lowest BCUT2D eigenvalue weighted by molar-refractivity contribution is -0.128. The second-order valence-electron chi connectivity index (χ2n) is 9.80. The van der Waals surface area contributed by atoms with Crippen molar-refractivity contribution in [3.63, 3.8) is 0 Å². The minimum Gasteiger partial charge on any atom is -0.464 e. The number of aromatic nitrogens is 3. The molecule has 8 heteroatoms. The van der Waals surface area contributed by atoms with Crippen molar-refractivity contribution in [2.45, 2.75) is 66.1 Å². The van der Waals surface area contributed by atoms with Gasteiger partial charge in [0, 0.05) is 11.2 Å². The van der Waals surface area contributed by atoms with E-state index in [2.05, 4.69) is 15.6 Å². The first-order chi connectivity index (χ1) is 17.1. The lowest BCUT2D eigenvalue weighted by Crippen LogP contribution is -2.51. The Hall–Kier alpha value is -3.94. The highest BCUT2D eigenvalue weighted by atomic mass is 16.3. The van der Waals surface area contributed by atoms with Crippen LogP contribution in [0.1, 0.15) is 55.9 Å². The molecule has 0 aliphatic rings. The molecule has 0 fully saturated rings. The Morgan fingerprint density at radius 1 is 1.06 bits per heavy atom. The highest BCUT2D eigenvalue weighted by Crippen LogP contribution is 2.33. The Bertz CT molecular complexity index is 1400. The molecule has 2 heterocycles. The second kappa shape index (κ2) is 9.97. The van der Waals surface area contributed by atoms with Crippen molar-refractivity contribution in [2.75, 3.05) is 4.90 Å². The summed E-state index contributed by atoms with van der Waals surface area (Å²) in [5.41, 5.74) is 3.55. The number of nitrogens with zero attached hydrogens (tertiary/aromatic N) is 4. The zero-order chi connectivity index (χ0) is 26.0. The summed E-state index contributed by atoms with van der Waals surface area (Å²) < 4.78 is 7.52. The van der Waals surface area contributed by atoms with Gasteiger partial charge in [-0.25, -0.2) is 4.68 Å². The van der Waals surface area contributed by atoms with Crippen LogP contribution in [-0.4, -0.2) is 32.3 Å². The van der Waals surface area contributed by atoms with E-state index in [-0.39, 0.29) is 18.4 Å². The Morgan fingerprint density at radius 2 is 1.81 bits per heavy atom. The molecule has 188 valence electrons. The maximum atomic E-state index is 14.1. The Morgan fingerprint density at radius 3 is 2.50 bits per heavy atom. The minimum absolute atomic E-state index is 0.0888. The van der Waals surface area contributed by atoms with Gasteiger partial charge in [-0.15, -0.1) is 5.10 Å². The average molecular weight is 488 g/mol. The maximum Gasteiger partial charge on any atom is 0.251 e. The number of aryl methyl sites for hydroxylation is 2. The second-order valence-corrected chi connectivity index (χ2v) is 9.80. The molecule has 1 N–H and O–H groups in total. The van der Waals surface area contributed by atoms with Gasteiger partial charge in [0.25, 0.3) is 5.91 Å². The quantitative estimate of drug-likeness (QED) is 0.376. The molecule has 2 amide bonds. The molecule has 4 rings (SSSR count). The summed E-state index contributed by atoms with van der Waals surface area (Å²) in [4.78, 5) is 29.5. The molecule has 1 atom stereocenters. The van der Waals surface area contributed by atoms with Gasteiger partial charge in [0.05, 0.1) is 5.52 Å². The van der Waals surface area contributed by atoms with E-state index in [1.165, 1.54) is 4.90 Å². The van der Waals surface area contributed by atoms with Gasteiger partial charge in [0.2, 0.25) is 5.91 Å².